The Morgan fingerprint density at radius 2 is 1.86 bits per heavy atom. The van der Waals surface area contributed by atoms with E-state index in [1.807, 2.05) is 0 Å². The molecule has 1 aliphatic rings. The number of hydrogen-bond donors (Lipinski definition) is 1. The van der Waals surface area contributed by atoms with Crippen molar-refractivity contribution in [3.05, 3.63) is 28.8 Å². The molecule has 2 rings (SSSR count). The third-order valence-corrected chi connectivity index (χ3v) is 4.13. The molecule has 3 nitrogen and oxygen atoms in total. The van der Waals surface area contributed by atoms with Gasteiger partial charge in [0.25, 0.3) is 0 Å². The minimum atomic E-state index is -4.53. The number of benzene rings is 1. The molecule has 0 fully saturated rings. The highest BCUT2D eigenvalue weighted by Gasteiger charge is 2.50. The van der Waals surface area contributed by atoms with Gasteiger partial charge in [0.15, 0.2) is 0 Å². The standard InChI is InChI=1S/C16H20F3NO2/c1-9(2)10-7-11(16(17,18)19)13-12(8-10)20(5-6-21)14(22)15(13,3)4/h7-9,21H,5-6H2,1-4H3. The molecule has 122 valence electrons. The number of fused-ring (bicyclic) bond motifs is 1. The van der Waals surface area contributed by atoms with Crippen LogP contribution in [0.1, 0.15) is 50.3 Å². The van der Waals surface area contributed by atoms with Gasteiger partial charge in [-0.3, -0.25) is 4.79 Å². The number of carbonyl (C=O) groups is 1. The highest BCUT2D eigenvalue weighted by Crippen LogP contribution is 2.49. The Kier molecular flexibility index (Phi) is 4.02. The number of aliphatic hydroxyl groups excluding tert-OH is 1. The zero-order chi connectivity index (χ0) is 16.9. The van der Waals surface area contributed by atoms with Crippen molar-refractivity contribution < 1.29 is 23.1 Å². The number of amides is 1. The van der Waals surface area contributed by atoms with Crippen molar-refractivity contribution in [3.63, 3.8) is 0 Å². The summed E-state index contributed by atoms with van der Waals surface area (Å²) in [5.41, 5.74) is -1.22. The first-order valence-corrected chi connectivity index (χ1v) is 7.20. The molecule has 0 aromatic heterocycles. The van der Waals surface area contributed by atoms with E-state index >= 15 is 0 Å². The molecule has 1 aromatic rings. The number of rotatable bonds is 3. The molecule has 1 aliphatic heterocycles. The SMILES string of the molecule is CC(C)c1cc2c(c(C(F)(F)F)c1)C(C)(C)C(=O)N2CCO. The Bertz CT molecular complexity index is 606. The summed E-state index contributed by atoms with van der Waals surface area (Å²) in [6, 6.07) is 2.78. The van der Waals surface area contributed by atoms with Crippen LogP contribution in [0.5, 0.6) is 0 Å². The Morgan fingerprint density at radius 1 is 1.27 bits per heavy atom. The quantitative estimate of drug-likeness (QED) is 0.928. The molecule has 1 amide bonds. The number of alkyl halides is 3. The predicted molar refractivity (Wildman–Crippen MR) is 78.0 cm³/mol. The second-order valence-electron chi connectivity index (χ2n) is 6.42. The van der Waals surface area contributed by atoms with Gasteiger partial charge in [-0.2, -0.15) is 13.2 Å². The van der Waals surface area contributed by atoms with Crippen LogP contribution in [0.4, 0.5) is 18.9 Å². The highest BCUT2D eigenvalue weighted by molar-refractivity contribution is 6.08. The van der Waals surface area contributed by atoms with Gasteiger partial charge in [0.1, 0.15) is 0 Å². The Labute approximate surface area is 127 Å². The molecule has 0 saturated carbocycles. The van der Waals surface area contributed by atoms with Crippen LogP contribution in [-0.4, -0.2) is 24.2 Å². The average molecular weight is 315 g/mol. The maximum atomic E-state index is 13.5. The fraction of sp³-hybridized carbons (Fsp3) is 0.562. The topological polar surface area (TPSA) is 40.5 Å². The molecule has 0 atom stereocenters. The van der Waals surface area contributed by atoms with Gasteiger partial charge >= 0.3 is 6.18 Å². The van der Waals surface area contributed by atoms with Crippen LogP contribution >= 0.6 is 0 Å². The van der Waals surface area contributed by atoms with E-state index in [4.69, 9.17) is 5.11 Å². The number of aliphatic hydroxyl groups is 1. The van der Waals surface area contributed by atoms with E-state index in [-0.39, 0.29) is 30.3 Å². The minimum absolute atomic E-state index is 0.00264. The van der Waals surface area contributed by atoms with Crippen molar-refractivity contribution in [1.29, 1.82) is 0 Å². The number of nitrogens with zero attached hydrogens (tertiary/aromatic N) is 1. The first-order valence-electron chi connectivity index (χ1n) is 7.20. The zero-order valence-corrected chi connectivity index (χ0v) is 13.1. The van der Waals surface area contributed by atoms with Crippen molar-refractivity contribution >= 4 is 11.6 Å². The van der Waals surface area contributed by atoms with Crippen molar-refractivity contribution in [2.45, 2.75) is 45.2 Å². The van der Waals surface area contributed by atoms with Gasteiger partial charge in [0.05, 0.1) is 17.6 Å². The normalized spacial score (nSPS) is 17.3. The fourth-order valence-electron chi connectivity index (χ4n) is 2.95. The number of carbonyl (C=O) groups excluding carboxylic acids is 1. The predicted octanol–water partition coefficient (Wildman–Crippen LogP) is 3.45. The maximum Gasteiger partial charge on any atom is 0.416 e. The number of hydrogen-bond acceptors (Lipinski definition) is 2. The summed E-state index contributed by atoms with van der Waals surface area (Å²) in [6.07, 6.45) is -4.53. The molecule has 1 heterocycles. The van der Waals surface area contributed by atoms with Gasteiger partial charge in [-0.15, -0.1) is 0 Å². The van der Waals surface area contributed by atoms with Gasteiger partial charge in [-0.25, -0.2) is 0 Å². The lowest BCUT2D eigenvalue weighted by Gasteiger charge is -2.22. The molecule has 0 unspecified atom stereocenters. The van der Waals surface area contributed by atoms with E-state index in [1.54, 1.807) is 19.9 Å². The van der Waals surface area contributed by atoms with Crippen LogP contribution in [0.2, 0.25) is 0 Å². The van der Waals surface area contributed by atoms with Gasteiger partial charge in [-0.05, 0) is 37.5 Å². The first kappa shape index (κ1) is 16.8. The lowest BCUT2D eigenvalue weighted by Crippen LogP contribution is -2.38. The molecule has 0 aliphatic carbocycles. The molecule has 22 heavy (non-hydrogen) atoms. The van der Waals surface area contributed by atoms with Gasteiger partial charge in [-0.1, -0.05) is 13.8 Å². The second kappa shape index (κ2) is 5.26. The van der Waals surface area contributed by atoms with Crippen molar-refractivity contribution in [3.8, 4) is 0 Å². The Balaban J connectivity index is 2.80. The van der Waals surface area contributed by atoms with Gasteiger partial charge < -0.3 is 10.0 Å². The highest BCUT2D eigenvalue weighted by atomic mass is 19.4. The molecule has 0 spiro atoms. The lowest BCUT2D eigenvalue weighted by molar-refractivity contribution is -0.138. The summed E-state index contributed by atoms with van der Waals surface area (Å²) in [7, 11) is 0. The summed E-state index contributed by atoms with van der Waals surface area (Å²) < 4.78 is 40.5. The van der Waals surface area contributed by atoms with E-state index in [0.717, 1.165) is 6.07 Å². The molecule has 1 aromatic carbocycles. The largest absolute Gasteiger partial charge is 0.416 e. The smallest absolute Gasteiger partial charge is 0.395 e. The molecule has 0 radical (unpaired) electrons. The molecule has 6 heteroatoms. The summed E-state index contributed by atoms with van der Waals surface area (Å²) in [6.45, 7) is 6.30. The summed E-state index contributed by atoms with van der Waals surface area (Å²) in [5.74, 6) is -0.510. The van der Waals surface area contributed by atoms with E-state index in [9.17, 15) is 18.0 Å². The van der Waals surface area contributed by atoms with Crippen LogP contribution in [0.25, 0.3) is 0 Å². The first-order chi connectivity index (χ1) is 10.0. The molecular weight excluding hydrogens is 295 g/mol. The van der Waals surface area contributed by atoms with Crippen LogP contribution in [0.15, 0.2) is 12.1 Å². The van der Waals surface area contributed by atoms with Crippen molar-refractivity contribution in [2.75, 3.05) is 18.1 Å². The molecule has 0 saturated heterocycles. The second-order valence-corrected chi connectivity index (χ2v) is 6.42. The van der Waals surface area contributed by atoms with Crippen LogP contribution in [-0.2, 0) is 16.4 Å². The average Bonchev–Trinajstić information content (AvgIpc) is 2.58. The Hall–Kier alpha value is -1.56. The fourth-order valence-corrected chi connectivity index (χ4v) is 2.95. The molecule has 1 N–H and O–H groups in total. The summed E-state index contributed by atoms with van der Waals surface area (Å²) >= 11 is 0. The third-order valence-electron chi connectivity index (χ3n) is 4.13. The number of anilines is 1. The minimum Gasteiger partial charge on any atom is -0.395 e. The maximum absolute atomic E-state index is 13.5. The number of β-amino-alcohol motifs (C(OH)–C–C–N with tert-alkyl or cyclic N) is 1. The van der Waals surface area contributed by atoms with Gasteiger partial charge in [0.2, 0.25) is 5.91 Å². The van der Waals surface area contributed by atoms with E-state index in [0.29, 0.717) is 5.56 Å². The summed E-state index contributed by atoms with van der Waals surface area (Å²) in [5, 5.41) is 9.13. The van der Waals surface area contributed by atoms with E-state index in [2.05, 4.69) is 0 Å². The molecular formula is C16H20F3NO2. The summed E-state index contributed by atoms with van der Waals surface area (Å²) in [4.78, 5) is 13.7. The van der Waals surface area contributed by atoms with Crippen molar-refractivity contribution in [1.82, 2.24) is 0 Å². The van der Waals surface area contributed by atoms with Crippen LogP contribution in [0, 0.1) is 0 Å². The molecule has 0 bridgehead atoms. The van der Waals surface area contributed by atoms with Crippen molar-refractivity contribution in [2.24, 2.45) is 0 Å². The third kappa shape index (κ3) is 2.49. The Morgan fingerprint density at radius 3 is 2.32 bits per heavy atom. The zero-order valence-electron chi connectivity index (χ0n) is 13.1. The monoisotopic (exact) mass is 315 g/mol. The number of halogens is 3. The van der Waals surface area contributed by atoms with Crippen LogP contribution < -0.4 is 4.90 Å². The lowest BCUT2D eigenvalue weighted by atomic mass is 9.81. The van der Waals surface area contributed by atoms with Crippen LogP contribution in [0.3, 0.4) is 0 Å². The van der Waals surface area contributed by atoms with E-state index < -0.39 is 23.1 Å². The van der Waals surface area contributed by atoms with E-state index in [1.165, 1.54) is 18.7 Å². The van der Waals surface area contributed by atoms with Gasteiger partial charge in [0, 0.05) is 17.8 Å².